The lowest BCUT2D eigenvalue weighted by molar-refractivity contribution is -0.0192. The third kappa shape index (κ3) is 5.36. The van der Waals surface area contributed by atoms with E-state index in [0.29, 0.717) is 31.5 Å². The van der Waals surface area contributed by atoms with Crippen LogP contribution in [0.1, 0.15) is 58.1 Å². The van der Waals surface area contributed by atoms with E-state index in [4.69, 9.17) is 14.0 Å². The molecule has 3 rings (SSSR count). The van der Waals surface area contributed by atoms with Crippen molar-refractivity contribution in [1.29, 1.82) is 0 Å². The van der Waals surface area contributed by atoms with E-state index in [-0.39, 0.29) is 6.04 Å². The van der Waals surface area contributed by atoms with Gasteiger partial charge in [-0.25, -0.2) is 4.79 Å². The molecule has 0 unspecified atom stereocenters. The van der Waals surface area contributed by atoms with Crippen molar-refractivity contribution in [2.24, 2.45) is 7.05 Å². The Morgan fingerprint density at radius 2 is 2.10 bits per heavy atom. The number of aryl methyl sites for hydroxylation is 1. The summed E-state index contributed by atoms with van der Waals surface area (Å²) in [5.41, 5.74) is -0.228. The van der Waals surface area contributed by atoms with Crippen molar-refractivity contribution in [1.82, 2.24) is 24.9 Å². The topological polar surface area (TPSA) is 94.7 Å². The van der Waals surface area contributed by atoms with Gasteiger partial charge in [-0.3, -0.25) is 4.90 Å². The molecule has 0 radical (unpaired) electrons. The molecule has 0 aromatic carbocycles. The van der Waals surface area contributed by atoms with E-state index in [1.54, 1.807) is 0 Å². The Morgan fingerprint density at radius 3 is 2.76 bits per heavy atom. The van der Waals surface area contributed by atoms with Gasteiger partial charge in [-0.2, -0.15) is 4.98 Å². The highest BCUT2D eigenvalue weighted by Gasteiger charge is 2.32. The second kappa shape index (κ2) is 8.16. The number of hydrogen-bond donors (Lipinski definition) is 1. The average Bonchev–Trinajstić information content (AvgIpc) is 3.22. The highest BCUT2D eigenvalue weighted by Crippen LogP contribution is 2.26. The van der Waals surface area contributed by atoms with Gasteiger partial charge in [-0.15, -0.1) is 0 Å². The number of aromatic nitrogens is 3. The maximum Gasteiger partial charge on any atom is 0.408 e. The van der Waals surface area contributed by atoms with Crippen LogP contribution in [0.2, 0.25) is 0 Å². The first-order chi connectivity index (χ1) is 13.5. The number of amides is 1. The second-order valence-electron chi connectivity index (χ2n) is 8.87. The Balaban J connectivity index is 1.69. The molecule has 160 valence electrons. The van der Waals surface area contributed by atoms with E-state index in [1.165, 1.54) is 5.69 Å². The van der Waals surface area contributed by atoms with Crippen LogP contribution in [-0.4, -0.2) is 51.1 Å². The normalized spacial score (nSPS) is 18.6. The molecular formula is C20H31N5O4. The Hall–Kier alpha value is -2.39. The monoisotopic (exact) mass is 405 g/mol. The molecule has 9 heteroatoms. The molecule has 1 fully saturated rings. The van der Waals surface area contributed by atoms with Gasteiger partial charge in [0, 0.05) is 25.5 Å². The van der Waals surface area contributed by atoms with Crippen LogP contribution >= 0.6 is 0 Å². The van der Waals surface area contributed by atoms with Gasteiger partial charge in [0.25, 0.3) is 0 Å². The van der Waals surface area contributed by atoms with E-state index in [1.807, 2.05) is 53.9 Å². The van der Waals surface area contributed by atoms with Crippen LogP contribution in [0, 0.1) is 0 Å². The first kappa shape index (κ1) is 21.3. The maximum atomic E-state index is 12.1. The van der Waals surface area contributed by atoms with Gasteiger partial charge in [-0.1, -0.05) is 5.16 Å². The summed E-state index contributed by atoms with van der Waals surface area (Å²) in [7, 11) is 2.03. The fraction of sp³-hybridized carbons (Fsp3) is 0.650. The van der Waals surface area contributed by atoms with Crippen molar-refractivity contribution in [3.63, 3.8) is 0 Å². The number of rotatable bonds is 5. The second-order valence-corrected chi connectivity index (χ2v) is 8.87. The van der Waals surface area contributed by atoms with Gasteiger partial charge in [0.1, 0.15) is 11.1 Å². The third-order valence-electron chi connectivity index (χ3n) is 4.74. The Kier molecular flexibility index (Phi) is 6.00. The molecule has 2 aromatic heterocycles. The van der Waals surface area contributed by atoms with Gasteiger partial charge >= 0.3 is 6.09 Å². The van der Waals surface area contributed by atoms with Gasteiger partial charge in [0.2, 0.25) is 5.89 Å². The Morgan fingerprint density at radius 1 is 1.34 bits per heavy atom. The van der Waals surface area contributed by atoms with E-state index in [9.17, 15) is 4.79 Å². The summed E-state index contributed by atoms with van der Waals surface area (Å²) in [6.07, 6.45) is 1.50. The number of ether oxygens (including phenoxy) is 2. The average molecular weight is 405 g/mol. The smallest absolute Gasteiger partial charge is 0.408 e. The first-order valence-electron chi connectivity index (χ1n) is 9.82. The van der Waals surface area contributed by atoms with Crippen LogP contribution in [0.3, 0.4) is 0 Å². The lowest BCUT2D eigenvalue weighted by Gasteiger charge is -2.34. The minimum atomic E-state index is -0.827. The molecule has 3 heterocycles. The molecule has 0 saturated carbocycles. The van der Waals surface area contributed by atoms with E-state index in [0.717, 1.165) is 6.54 Å². The summed E-state index contributed by atoms with van der Waals surface area (Å²) in [6, 6.07) is 4.24. The van der Waals surface area contributed by atoms with E-state index in [2.05, 4.69) is 31.0 Å². The van der Waals surface area contributed by atoms with Crippen LogP contribution < -0.4 is 5.32 Å². The molecule has 29 heavy (non-hydrogen) atoms. The lowest BCUT2D eigenvalue weighted by Crippen LogP contribution is -2.44. The van der Waals surface area contributed by atoms with Crippen molar-refractivity contribution in [3.8, 4) is 0 Å². The highest BCUT2D eigenvalue weighted by molar-refractivity contribution is 5.68. The summed E-state index contributed by atoms with van der Waals surface area (Å²) in [5.74, 6) is 0.905. The molecule has 1 saturated heterocycles. The molecule has 1 amide bonds. The number of hydrogen-bond acceptors (Lipinski definition) is 7. The number of morpholine rings is 1. The van der Waals surface area contributed by atoms with E-state index >= 15 is 0 Å². The molecule has 1 atom stereocenters. The summed E-state index contributed by atoms with van der Waals surface area (Å²) in [4.78, 5) is 18.9. The number of carbonyl (C=O) groups is 1. The molecule has 9 nitrogen and oxygen atoms in total. The molecule has 0 spiro atoms. The predicted octanol–water partition coefficient (Wildman–Crippen LogP) is 2.74. The minimum Gasteiger partial charge on any atom is -0.444 e. The van der Waals surface area contributed by atoms with Crippen LogP contribution in [-0.2, 0) is 28.6 Å². The summed E-state index contributed by atoms with van der Waals surface area (Å²) < 4.78 is 18.6. The first-order valence-corrected chi connectivity index (χ1v) is 9.82. The zero-order valence-corrected chi connectivity index (χ0v) is 18.1. The molecule has 0 aliphatic carbocycles. The van der Waals surface area contributed by atoms with Crippen molar-refractivity contribution >= 4 is 6.09 Å². The zero-order chi connectivity index (χ0) is 21.2. The van der Waals surface area contributed by atoms with E-state index < -0.39 is 17.2 Å². The predicted molar refractivity (Wildman–Crippen MR) is 106 cm³/mol. The molecule has 2 aromatic rings. The number of nitrogens with one attached hydrogen (secondary N) is 1. The van der Waals surface area contributed by atoms with Crippen molar-refractivity contribution in [3.05, 3.63) is 35.7 Å². The summed E-state index contributed by atoms with van der Waals surface area (Å²) in [6.45, 7) is 11.6. The van der Waals surface area contributed by atoms with Crippen molar-refractivity contribution in [2.75, 3.05) is 19.8 Å². The standard InChI is InChI=1S/C20H31N5O4/c1-19(2,3)28-18(26)22-20(4,5)17-21-16(29-23-17)12-25-10-11-27-13-15(25)14-8-7-9-24(14)6/h7-9,15H,10-13H2,1-6H3,(H,22,26)/t15-/m1/s1. The molecule has 0 bridgehead atoms. The molecule has 1 N–H and O–H groups in total. The Labute approximate surface area is 171 Å². The van der Waals surface area contributed by atoms with Crippen molar-refractivity contribution in [2.45, 2.75) is 58.3 Å². The van der Waals surface area contributed by atoms with Gasteiger partial charge in [0.05, 0.1) is 25.8 Å². The summed E-state index contributed by atoms with van der Waals surface area (Å²) in [5, 5.41) is 6.89. The molecule has 1 aliphatic rings. The van der Waals surface area contributed by atoms with Crippen LogP contribution in [0.15, 0.2) is 22.9 Å². The zero-order valence-electron chi connectivity index (χ0n) is 18.1. The minimum absolute atomic E-state index is 0.118. The van der Waals surface area contributed by atoms with Gasteiger partial charge < -0.3 is 23.9 Å². The number of alkyl carbamates (subject to hydrolysis) is 1. The quantitative estimate of drug-likeness (QED) is 0.817. The van der Waals surface area contributed by atoms with Gasteiger partial charge in [-0.05, 0) is 46.8 Å². The van der Waals surface area contributed by atoms with Crippen LogP contribution in [0.4, 0.5) is 4.79 Å². The largest absolute Gasteiger partial charge is 0.444 e. The fourth-order valence-corrected chi connectivity index (χ4v) is 3.28. The maximum absolute atomic E-state index is 12.1. The highest BCUT2D eigenvalue weighted by atomic mass is 16.6. The summed E-state index contributed by atoms with van der Waals surface area (Å²) >= 11 is 0. The lowest BCUT2D eigenvalue weighted by atomic mass is 10.1. The van der Waals surface area contributed by atoms with Gasteiger partial charge in [0.15, 0.2) is 5.82 Å². The molecular weight excluding hydrogens is 374 g/mol. The van der Waals surface area contributed by atoms with Crippen LogP contribution in [0.25, 0.3) is 0 Å². The van der Waals surface area contributed by atoms with Crippen LogP contribution in [0.5, 0.6) is 0 Å². The number of carbonyl (C=O) groups excluding carboxylic acids is 1. The third-order valence-corrected chi connectivity index (χ3v) is 4.74. The molecule has 1 aliphatic heterocycles. The Bertz CT molecular complexity index is 836. The number of nitrogens with zero attached hydrogens (tertiary/aromatic N) is 4. The van der Waals surface area contributed by atoms with Crippen molar-refractivity contribution < 1.29 is 18.8 Å². The fourth-order valence-electron chi connectivity index (χ4n) is 3.28. The SMILES string of the molecule is Cn1cccc1[C@H]1COCCN1Cc1nc(C(C)(C)NC(=O)OC(C)(C)C)no1.